The van der Waals surface area contributed by atoms with E-state index in [1.165, 1.54) is 6.42 Å². The van der Waals surface area contributed by atoms with Gasteiger partial charge >= 0.3 is 0 Å². The molecule has 0 unspecified atom stereocenters. The average molecular weight is 231 g/mol. The molecular formula is C15H21NO. The highest BCUT2D eigenvalue weighted by molar-refractivity contribution is 5.27. The first-order valence-electron chi connectivity index (χ1n) is 6.56. The Balaban J connectivity index is 2.13. The van der Waals surface area contributed by atoms with E-state index < -0.39 is 5.60 Å². The lowest BCUT2D eigenvalue weighted by Gasteiger charge is -2.44. The van der Waals surface area contributed by atoms with Crippen molar-refractivity contribution in [3.63, 3.8) is 0 Å². The molecule has 2 aliphatic carbocycles. The van der Waals surface area contributed by atoms with Gasteiger partial charge in [0.2, 0.25) is 0 Å². The van der Waals surface area contributed by atoms with Crippen molar-refractivity contribution < 1.29 is 5.11 Å². The molecule has 2 saturated carbocycles. The van der Waals surface area contributed by atoms with Crippen molar-refractivity contribution in [3.05, 3.63) is 30.1 Å². The summed E-state index contributed by atoms with van der Waals surface area (Å²) in [5, 5.41) is 11.2. The largest absolute Gasteiger partial charge is 0.383 e. The molecule has 3 rings (SSSR count). The molecule has 0 aromatic carbocycles. The standard InChI is InChI=1S/C15H21NO/c1-13(2)11-7-8-14(13,3)15(17,10-11)12-6-4-5-9-16-12/h4-6,9,11,17H,7-8,10H2,1-3H3/t11-,14-,15+/m1/s1. The molecule has 2 heteroatoms. The van der Waals surface area contributed by atoms with Gasteiger partial charge < -0.3 is 5.11 Å². The Morgan fingerprint density at radius 1 is 1.29 bits per heavy atom. The summed E-state index contributed by atoms with van der Waals surface area (Å²) in [4.78, 5) is 4.41. The van der Waals surface area contributed by atoms with Crippen LogP contribution in [-0.2, 0) is 5.60 Å². The fraction of sp³-hybridized carbons (Fsp3) is 0.667. The summed E-state index contributed by atoms with van der Waals surface area (Å²) in [6.45, 7) is 6.87. The first-order chi connectivity index (χ1) is 7.92. The maximum Gasteiger partial charge on any atom is 0.113 e. The Labute approximate surface area is 103 Å². The van der Waals surface area contributed by atoms with E-state index in [1.807, 2.05) is 18.2 Å². The zero-order chi connectivity index (χ0) is 12.3. The molecule has 0 radical (unpaired) electrons. The van der Waals surface area contributed by atoms with Crippen LogP contribution in [0.5, 0.6) is 0 Å². The molecule has 2 nitrogen and oxygen atoms in total. The molecule has 1 aromatic rings. The highest BCUT2D eigenvalue weighted by Crippen LogP contribution is 2.72. The maximum atomic E-state index is 11.2. The second kappa shape index (κ2) is 3.11. The SMILES string of the molecule is CC1(C)[C@@H]2CC[C@@]1(C)[C@@](O)(c1ccccn1)C2. The van der Waals surface area contributed by atoms with Crippen LogP contribution in [0.25, 0.3) is 0 Å². The van der Waals surface area contributed by atoms with E-state index in [4.69, 9.17) is 0 Å². The van der Waals surface area contributed by atoms with Crippen LogP contribution in [0.1, 0.15) is 45.7 Å². The monoisotopic (exact) mass is 231 g/mol. The van der Waals surface area contributed by atoms with Crippen LogP contribution in [-0.4, -0.2) is 10.1 Å². The van der Waals surface area contributed by atoms with Gasteiger partial charge in [0.05, 0.1) is 5.69 Å². The Hall–Kier alpha value is -0.890. The van der Waals surface area contributed by atoms with Crippen molar-refractivity contribution in [2.45, 2.75) is 45.6 Å². The molecule has 0 saturated heterocycles. The maximum absolute atomic E-state index is 11.2. The lowest BCUT2D eigenvalue weighted by atomic mass is 9.63. The first-order valence-corrected chi connectivity index (χ1v) is 6.56. The van der Waals surface area contributed by atoms with Gasteiger partial charge in [-0.25, -0.2) is 0 Å². The molecule has 17 heavy (non-hydrogen) atoms. The molecular weight excluding hydrogens is 210 g/mol. The van der Waals surface area contributed by atoms with E-state index in [0.29, 0.717) is 5.92 Å². The lowest BCUT2D eigenvalue weighted by molar-refractivity contribution is -0.0987. The number of aromatic nitrogens is 1. The van der Waals surface area contributed by atoms with Crippen LogP contribution in [0.15, 0.2) is 24.4 Å². The van der Waals surface area contributed by atoms with Gasteiger partial charge in [-0.15, -0.1) is 0 Å². The lowest BCUT2D eigenvalue weighted by Crippen LogP contribution is -2.45. The number of nitrogens with zero attached hydrogens (tertiary/aromatic N) is 1. The number of hydrogen-bond acceptors (Lipinski definition) is 2. The third kappa shape index (κ3) is 1.12. The van der Waals surface area contributed by atoms with Crippen molar-refractivity contribution in [2.24, 2.45) is 16.7 Å². The van der Waals surface area contributed by atoms with E-state index >= 15 is 0 Å². The molecule has 0 spiro atoms. The second-order valence-corrected chi connectivity index (χ2v) is 6.57. The van der Waals surface area contributed by atoms with Crippen LogP contribution >= 0.6 is 0 Å². The minimum absolute atomic E-state index is 0.0426. The molecule has 1 N–H and O–H groups in total. The molecule has 0 amide bonds. The van der Waals surface area contributed by atoms with Crippen LogP contribution in [0.4, 0.5) is 0 Å². The average Bonchev–Trinajstić information content (AvgIpc) is 2.62. The van der Waals surface area contributed by atoms with Crippen molar-refractivity contribution in [1.29, 1.82) is 0 Å². The summed E-state index contributed by atoms with van der Waals surface area (Å²) in [5.41, 5.74) is 0.289. The van der Waals surface area contributed by atoms with Gasteiger partial charge in [-0.05, 0) is 42.7 Å². The quantitative estimate of drug-likeness (QED) is 0.805. The fourth-order valence-corrected chi connectivity index (χ4v) is 4.27. The smallest absolute Gasteiger partial charge is 0.113 e. The van der Waals surface area contributed by atoms with Gasteiger partial charge in [0, 0.05) is 11.6 Å². The predicted octanol–water partition coefficient (Wildman–Crippen LogP) is 3.12. The van der Waals surface area contributed by atoms with Gasteiger partial charge in [-0.3, -0.25) is 4.98 Å². The molecule has 2 bridgehead atoms. The Morgan fingerprint density at radius 2 is 2.06 bits per heavy atom. The fourth-order valence-electron chi connectivity index (χ4n) is 4.27. The summed E-state index contributed by atoms with van der Waals surface area (Å²) in [6.07, 6.45) is 5.01. The highest BCUT2D eigenvalue weighted by atomic mass is 16.3. The Kier molecular flexibility index (Phi) is 2.05. The summed E-state index contributed by atoms with van der Waals surface area (Å²) < 4.78 is 0. The van der Waals surface area contributed by atoms with Gasteiger partial charge in [0.15, 0.2) is 0 Å². The van der Waals surface area contributed by atoms with Gasteiger partial charge in [-0.2, -0.15) is 0 Å². The van der Waals surface area contributed by atoms with E-state index in [9.17, 15) is 5.11 Å². The van der Waals surface area contributed by atoms with Crippen LogP contribution in [0.2, 0.25) is 0 Å². The third-order valence-electron chi connectivity index (χ3n) is 5.98. The van der Waals surface area contributed by atoms with Crippen LogP contribution in [0, 0.1) is 16.7 Å². The second-order valence-electron chi connectivity index (χ2n) is 6.57. The summed E-state index contributed by atoms with van der Waals surface area (Å²) >= 11 is 0. The molecule has 1 heterocycles. The van der Waals surface area contributed by atoms with E-state index in [2.05, 4.69) is 25.8 Å². The predicted molar refractivity (Wildman–Crippen MR) is 67.4 cm³/mol. The van der Waals surface area contributed by atoms with Gasteiger partial charge in [0.25, 0.3) is 0 Å². The Morgan fingerprint density at radius 3 is 2.53 bits per heavy atom. The summed E-state index contributed by atoms with van der Waals surface area (Å²) in [7, 11) is 0. The minimum atomic E-state index is -0.735. The van der Waals surface area contributed by atoms with Crippen LogP contribution < -0.4 is 0 Å². The van der Waals surface area contributed by atoms with Gasteiger partial charge in [-0.1, -0.05) is 26.8 Å². The normalized spacial score (nSPS) is 42.9. The van der Waals surface area contributed by atoms with Crippen molar-refractivity contribution >= 4 is 0 Å². The molecule has 2 aliphatic rings. The van der Waals surface area contributed by atoms with E-state index in [-0.39, 0.29) is 10.8 Å². The molecule has 0 aliphatic heterocycles. The van der Waals surface area contributed by atoms with E-state index in [1.54, 1.807) is 6.20 Å². The molecule has 1 aromatic heterocycles. The van der Waals surface area contributed by atoms with Crippen LogP contribution in [0.3, 0.4) is 0 Å². The van der Waals surface area contributed by atoms with Gasteiger partial charge in [0.1, 0.15) is 5.60 Å². The topological polar surface area (TPSA) is 33.1 Å². The first kappa shape index (κ1) is 11.2. The van der Waals surface area contributed by atoms with Crippen molar-refractivity contribution in [3.8, 4) is 0 Å². The number of hydrogen-bond donors (Lipinski definition) is 1. The van der Waals surface area contributed by atoms with E-state index in [0.717, 1.165) is 18.5 Å². The van der Waals surface area contributed by atoms with Crippen molar-refractivity contribution in [1.82, 2.24) is 4.98 Å². The zero-order valence-electron chi connectivity index (χ0n) is 10.9. The molecule has 2 fully saturated rings. The summed E-state index contributed by atoms with van der Waals surface area (Å²) in [5.74, 6) is 0.625. The molecule has 3 atom stereocenters. The Bertz CT molecular complexity index is 441. The number of fused-ring (bicyclic) bond motifs is 2. The molecule has 92 valence electrons. The zero-order valence-corrected chi connectivity index (χ0v) is 10.9. The number of aliphatic hydroxyl groups is 1. The van der Waals surface area contributed by atoms with Crippen molar-refractivity contribution in [2.75, 3.05) is 0 Å². The highest BCUT2D eigenvalue weighted by Gasteiger charge is 2.69. The summed E-state index contributed by atoms with van der Waals surface area (Å²) in [6, 6.07) is 5.86. The number of pyridine rings is 1. The number of rotatable bonds is 1. The third-order valence-corrected chi connectivity index (χ3v) is 5.98. The minimum Gasteiger partial charge on any atom is -0.383 e.